The van der Waals surface area contributed by atoms with Crippen molar-refractivity contribution in [1.82, 2.24) is 0 Å². The molecule has 0 spiro atoms. The third-order valence-corrected chi connectivity index (χ3v) is 4.63. The van der Waals surface area contributed by atoms with Crippen molar-refractivity contribution in [2.45, 2.75) is 0 Å². The maximum absolute atomic E-state index is 12.5. The van der Waals surface area contributed by atoms with Crippen molar-refractivity contribution in [3.63, 3.8) is 0 Å². The van der Waals surface area contributed by atoms with Gasteiger partial charge in [0.05, 0.1) is 19.1 Å². The van der Waals surface area contributed by atoms with E-state index in [2.05, 4.69) is 10.6 Å². The van der Waals surface area contributed by atoms with Crippen LogP contribution in [0.5, 0.6) is 11.5 Å². The summed E-state index contributed by atoms with van der Waals surface area (Å²) in [4.78, 5) is 25.1. The van der Waals surface area contributed by atoms with Gasteiger partial charge in [0, 0.05) is 35.1 Å². The van der Waals surface area contributed by atoms with Crippen LogP contribution in [-0.4, -0.2) is 26.0 Å². The van der Waals surface area contributed by atoms with E-state index >= 15 is 0 Å². The first-order chi connectivity index (χ1) is 13.1. The molecular weight excluding hydrogens is 364 g/mol. The Kier molecular flexibility index (Phi) is 5.73. The molecule has 1 aromatic heterocycles. The summed E-state index contributed by atoms with van der Waals surface area (Å²) in [5.74, 6) is 0.708. The highest BCUT2D eigenvalue weighted by Gasteiger charge is 2.10. The zero-order valence-corrected chi connectivity index (χ0v) is 15.6. The molecule has 7 heteroatoms. The third-order valence-electron chi connectivity index (χ3n) is 3.76. The van der Waals surface area contributed by atoms with Gasteiger partial charge in [-0.15, -0.1) is 11.3 Å². The second-order valence-corrected chi connectivity index (χ2v) is 6.51. The highest BCUT2D eigenvalue weighted by molar-refractivity contribution is 7.12. The van der Waals surface area contributed by atoms with Gasteiger partial charge in [-0.2, -0.15) is 0 Å². The number of hydrogen-bond donors (Lipinski definition) is 2. The number of nitrogens with one attached hydrogen (secondary N) is 2. The summed E-state index contributed by atoms with van der Waals surface area (Å²) in [6, 6.07) is 15.4. The minimum Gasteiger partial charge on any atom is -0.497 e. The first-order valence-electron chi connectivity index (χ1n) is 8.08. The molecule has 0 fully saturated rings. The number of anilines is 2. The lowest BCUT2D eigenvalue weighted by atomic mass is 10.2. The quantitative estimate of drug-likeness (QED) is 0.667. The normalized spacial score (nSPS) is 10.1. The molecular formula is C20H18N2O4S. The van der Waals surface area contributed by atoms with Crippen molar-refractivity contribution in [1.29, 1.82) is 0 Å². The minimum atomic E-state index is -0.276. The molecule has 0 atom stereocenters. The van der Waals surface area contributed by atoms with E-state index < -0.39 is 0 Å². The second kappa shape index (κ2) is 8.37. The first kappa shape index (κ1) is 18.5. The van der Waals surface area contributed by atoms with Crippen LogP contribution < -0.4 is 20.1 Å². The lowest BCUT2D eigenvalue weighted by Crippen LogP contribution is -2.13. The molecule has 0 aliphatic carbocycles. The molecule has 2 aromatic carbocycles. The van der Waals surface area contributed by atoms with Crippen LogP contribution in [0.15, 0.2) is 60.0 Å². The Balaban J connectivity index is 1.68. The molecule has 0 aliphatic heterocycles. The van der Waals surface area contributed by atoms with Gasteiger partial charge in [0.15, 0.2) is 0 Å². The van der Waals surface area contributed by atoms with Crippen LogP contribution in [0.1, 0.15) is 20.0 Å². The number of carbonyl (C=O) groups excluding carboxylic acids is 2. The van der Waals surface area contributed by atoms with Crippen molar-refractivity contribution >= 4 is 34.5 Å². The van der Waals surface area contributed by atoms with Gasteiger partial charge < -0.3 is 20.1 Å². The van der Waals surface area contributed by atoms with Gasteiger partial charge in [-0.05, 0) is 35.7 Å². The largest absolute Gasteiger partial charge is 0.497 e. The van der Waals surface area contributed by atoms with E-state index in [1.165, 1.54) is 11.3 Å². The number of amides is 2. The topological polar surface area (TPSA) is 76.7 Å². The molecule has 0 saturated carbocycles. The van der Waals surface area contributed by atoms with Crippen molar-refractivity contribution in [3.05, 3.63) is 70.4 Å². The Morgan fingerprint density at radius 1 is 0.815 bits per heavy atom. The fourth-order valence-corrected chi connectivity index (χ4v) is 3.01. The molecule has 138 valence electrons. The van der Waals surface area contributed by atoms with E-state index in [0.717, 1.165) is 0 Å². The average Bonchev–Trinajstić information content (AvgIpc) is 3.23. The van der Waals surface area contributed by atoms with Gasteiger partial charge in [0.25, 0.3) is 11.8 Å². The average molecular weight is 382 g/mol. The van der Waals surface area contributed by atoms with Crippen molar-refractivity contribution in [2.24, 2.45) is 0 Å². The molecule has 2 N–H and O–H groups in total. The SMILES string of the molecule is COc1cc(NC(=O)c2ccc(NC(=O)c3cccs3)cc2)cc(OC)c1. The molecule has 1 heterocycles. The van der Waals surface area contributed by atoms with Crippen LogP contribution in [0.25, 0.3) is 0 Å². The molecule has 0 radical (unpaired) electrons. The summed E-state index contributed by atoms with van der Waals surface area (Å²) in [7, 11) is 3.09. The molecule has 0 bridgehead atoms. The molecule has 2 amide bonds. The van der Waals surface area contributed by atoms with Crippen LogP contribution in [0, 0.1) is 0 Å². The summed E-state index contributed by atoms with van der Waals surface area (Å²) < 4.78 is 10.4. The van der Waals surface area contributed by atoms with Crippen molar-refractivity contribution in [2.75, 3.05) is 24.9 Å². The molecule has 0 saturated heterocycles. The number of thiophene rings is 1. The number of hydrogen-bond acceptors (Lipinski definition) is 5. The molecule has 3 rings (SSSR count). The van der Waals surface area contributed by atoms with Gasteiger partial charge in [0.1, 0.15) is 11.5 Å². The maximum atomic E-state index is 12.5. The van der Waals surface area contributed by atoms with Gasteiger partial charge in [-0.3, -0.25) is 9.59 Å². The number of ether oxygens (including phenoxy) is 2. The van der Waals surface area contributed by atoms with Crippen LogP contribution in [0.3, 0.4) is 0 Å². The van der Waals surface area contributed by atoms with E-state index in [9.17, 15) is 9.59 Å². The molecule has 0 unspecified atom stereocenters. The van der Waals surface area contributed by atoms with Crippen LogP contribution in [0.4, 0.5) is 11.4 Å². The van der Waals surface area contributed by atoms with Crippen molar-refractivity contribution in [3.8, 4) is 11.5 Å². The number of carbonyl (C=O) groups is 2. The smallest absolute Gasteiger partial charge is 0.265 e. The van der Waals surface area contributed by atoms with E-state index in [4.69, 9.17) is 9.47 Å². The van der Waals surface area contributed by atoms with Crippen LogP contribution >= 0.6 is 11.3 Å². The molecule has 0 aliphatic rings. The van der Waals surface area contributed by atoms with Gasteiger partial charge >= 0.3 is 0 Å². The Bertz CT molecular complexity index is 915. The predicted octanol–water partition coefficient (Wildman–Crippen LogP) is 4.27. The van der Waals surface area contributed by atoms with Crippen molar-refractivity contribution < 1.29 is 19.1 Å². The van der Waals surface area contributed by atoms with E-state index in [1.54, 1.807) is 62.8 Å². The summed E-state index contributed by atoms with van der Waals surface area (Å²) in [6.45, 7) is 0. The highest BCUT2D eigenvalue weighted by atomic mass is 32.1. The number of rotatable bonds is 6. The molecule has 6 nitrogen and oxygen atoms in total. The zero-order valence-electron chi connectivity index (χ0n) is 14.8. The van der Waals surface area contributed by atoms with Crippen LogP contribution in [0.2, 0.25) is 0 Å². The first-order valence-corrected chi connectivity index (χ1v) is 8.96. The molecule has 3 aromatic rings. The Morgan fingerprint density at radius 3 is 2.00 bits per heavy atom. The summed E-state index contributed by atoms with van der Waals surface area (Å²) >= 11 is 1.37. The standard InChI is InChI=1S/C20H18N2O4S/c1-25-16-10-15(11-17(12-16)26-2)22-19(23)13-5-7-14(8-6-13)21-20(24)18-4-3-9-27-18/h3-12H,1-2H3,(H,21,24)(H,22,23). The third kappa shape index (κ3) is 4.65. The van der Waals surface area contributed by atoms with E-state index in [1.807, 2.05) is 11.4 Å². The maximum Gasteiger partial charge on any atom is 0.265 e. The second-order valence-electron chi connectivity index (χ2n) is 5.56. The van der Waals surface area contributed by atoms with Gasteiger partial charge in [-0.1, -0.05) is 6.07 Å². The highest BCUT2D eigenvalue weighted by Crippen LogP contribution is 2.26. The van der Waals surface area contributed by atoms with Gasteiger partial charge in [0.2, 0.25) is 0 Å². The fraction of sp³-hybridized carbons (Fsp3) is 0.100. The van der Waals surface area contributed by atoms with E-state index in [0.29, 0.717) is 33.3 Å². The summed E-state index contributed by atoms with van der Waals surface area (Å²) in [5.41, 5.74) is 1.64. The number of benzene rings is 2. The Hall–Kier alpha value is -3.32. The van der Waals surface area contributed by atoms with Gasteiger partial charge in [-0.25, -0.2) is 0 Å². The summed E-state index contributed by atoms with van der Waals surface area (Å²) in [6.07, 6.45) is 0. The lowest BCUT2D eigenvalue weighted by Gasteiger charge is -2.10. The fourth-order valence-electron chi connectivity index (χ4n) is 2.39. The van der Waals surface area contributed by atoms with Crippen LogP contribution in [-0.2, 0) is 0 Å². The van der Waals surface area contributed by atoms with E-state index in [-0.39, 0.29) is 11.8 Å². The minimum absolute atomic E-state index is 0.175. The number of methoxy groups -OCH3 is 2. The zero-order chi connectivity index (χ0) is 19.2. The predicted molar refractivity (Wildman–Crippen MR) is 106 cm³/mol. The Morgan fingerprint density at radius 2 is 1.44 bits per heavy atom. The lowest BCUT2D eigenvalue weighted by molar-refractivity contribution is 0.102. The Labute approximate surface area is 160 Å². The monoisotopic (exact) mass is 382 g/mol. The summed E-state index contributed by atoms with van der Waals surface area (Å²) in [5, 5.41) is 7.45. The molecule has 27 heavy (non-hydrogen) atoms.